The van der Waals surface area contributed by atoms with Crippen molar-refractivity contribution in [3.63, 3.8) is 0 Å². The number of hydrogen-bond acceptors (Lipinski definition) is 4. The fourth-order valence-electron chi connectivity index (χ4n) is 11.0. The average Bonchev–Trinajstić information content (AvgIpc) is 3.78. The summed E-state index contributed by atoms with van der Waals surface area (Å²) in [4.78, 5) is 15.8. The molecule has 0 saturated heterocycles. The maximum absolute atomic E-state index is 6.73. The number of aromatic nitrogens is 3. The fourth-order valence-corrected chi connectivity index (χ4v) is 11.0. The van der Waals surface area contributed by atoms with Gasteiger partial charge in [0.25, 0.3) is 0 Å². The maximum atomic E-state index is 6.73. The molecule has 12 aromatic rings. The van der Waals surface area contributed by atoms with Gasteiger partial charge in [0.05, 0.1) is 0 Å². The molecule has 0 spiro atoms. The lowest BCUT2D eigenvalue weighted by molar-refractivity contribution is 0.332. The second-order valence-corrected chi connectivity index (χ2v) is 20.2. The zero-order valence-corrected chi connectivity index (χ0v) is 39.2. The molecule has 330 valence electrons. The summed E-state index contributed by atoms with van der Waals surface area (Å²) in [6, 6.07) is 71.9. The lowest BCUT2D eigenvalue weighted by atomic mass is 9.63. The molecule has 0 radical (unpaired) electrons. The quantitative estimate of drug-likeness (QED) is 0.167. The van der Waals surface area contributed by atoms with E-state index in [1.54, 1.807) is 0 Å². The summed E-state index contributed by atoms with van der Waals surface area (Å²) < 4.78 is 6.73. The number of fused-ring (bicyclic) bond motifs is 7. The van der Waals surface area contributed by atoms with E-state index in [0.717, 1.165) is 83.5 Å². The highest BCUT2D eigenvalue weighted by atomic mass is 16.3. The first-order chi connectivity index (χ1) is 33.6. The highest BCUT2D eigenvalue weighted by Crippen LogP contribution is 2.49. The summed E-state index contributed by atoms with van der Waals surface area (Å²) in [7, 11) is 0. The minimum atomic E-state index is 0.0869. The van der Waals surface area contributed by atoms with Gasteiger partial charge in [-0.1, -0.05) is 191 Å². The van der Waals surface area contributed by atoms with E-state index in [1.165, 1.54) is 44.8 Å². The van der Waals surface area contributed by atoms with Crippen LogP contribution in [0.1, 0.15) is 51.7 Å². The van der Waals surface area contributed by atoms with E-state index in [0.29, 0.717) is 17.5 Å². The number of furan rings is 1. The highest BCUT2D eigenvalue weighted by molar-refractivity contribution is 6.17. The van der Waals surface area contributed by atoms with Crippen molar-refractivity contribution in [2.24, 2.45) is 0 Å². The summed E-state index contributed by atoms with van der Waals surface area (Å²) in [6.45, 7) is 9.58. The predicted octanol–water partition coefficient (Wildman–Crippen LogP) is 17.6. The van der Waals surface area contributed by atoms with Gasteiger partial charge >= 0.3 is 0 Å². The predicted molar refractivity (Wildman–Crippen MR) is 288 cm³/mol. The van der Waals surface area contributed by atoms with Gasteiger partial charge in [0, 0.05) is 27.5 Å². The molecule has 2 aromatic heterocycles. The fraction of sp³-hybridized carbons (Fsp3) is 0.123. The molecule has 1 aliphatic rings. The molecule has 2 heterocycles. The Kier molecular flexibility index (Phi) is 9.32. The molecule has 13 rings (SSSR count). The van der Waals surface area contributed by atoms with Gasteiger partial charge in [-0.2, -0.15) is 0 Å². The van der Waals surface area contributed by atoms with Gasteiger partial charge in [-0.15, -0.1) is 0 Å². The smallest absolute Gasteiger partial charge is 0.164 e. The highest BCUT2D eigenvalue weighted by Gasteiger charge is 2.37. The topological polar surface area (TPSA) is 51.8 Å². The third kappa shape index (κ3) is 7.01. The van der Waals surface area contributed by atoms with Crippen LogP contribution in [0.15, 0.2) is 205 Å². The molecule has 1 aliphatic carbocycles. The summed E-state index contributed by atoms with van der Waals surface area (Å²) in [5.74, 6) is 1.87. The third-order valence-corrected chi connectivity index (χ3v) is 15.0. The van der Waals surface area contributed by atoms with Crippen molar-refractivity contribution in [2.75, 3.05) is 0 Å². The molecule has 69 heavy (non-hydrogen) atoms. The third-order valence-electron chi connectivity index (χ3n) is 15.0. The van der Waals surface area contributed by atoms with Gasteiger partial charge < -0.3 is 4.42 Å². The summed E-state index contributed by atoms with van der Waals surface area (Å²) >= 11 is 0. The molecule has 0 bridgehead atoms. The Bertz CT molecular complexity index is 4030. The second-order valence-electron chi connectivity index (χ2n) is 20.2. The number of para-hydroxylation sites is 1. The molecule has 10 aromatic carbocycles. The zero-order chi connectivity index (χ0) is 46.4. The van der Waals surface area contributed by atoms with E-state index < -0.39 is 0 Å². The molecule has 0 amide bonds. The van der Waals surface area contributed by atoms with Crippen LogP contribution in [0.5, 0.6) is 0 Å². The van der Waals surface area contributed by atoms with Crippen LogP contribution in [-0.4, -0.2) is 15.0 Å². The summed E-state index contributed by atoms with van der Waals surface area (Å²) in [5, 5.41) is 9.14. The zero-order valence-electron chi connectivity index (χ0n) is 39.2. The van der Waals surface area contributed by atoms with E-state index in [2.05, 4.69) is 228 Å². The Balaban J connectivity index is 0.982. The lowest BCUT2D eigenvalue weighted by Gasteiger charge is -2.42. The van der Waals surface area contributed by atoms with Crippen molar-refractivity contribution >= 4 is 54.3 Å². The van der Waals surface area contributed by atoms with Crippen LogP contribution in [0.25, 0.3) is 122 Å². The number of nitrogens with zero attached hydrogens (tertiary/aromatic N) is 3. The van der Waals surface area contributed by atoms with E-state index in [4.69, 9.17) is 19.4 Å². The van der Waals surface area contributed by atoms with Crippen LogP contribution in [-0.2, 0) is 10.8 Å². The average molecular weight is 888 g/mol. The van der Waals surface area contributed by atoms with Gasteiger partial charge in [0.15, 0.2) is 17.5 Å². The van der Waals surface area contributed by atoms with Gasteiger partial charge in [-0.3, -0.25) is 0 Å². The van der Waals surface area contributed by atoms with Gasteiger partial charge in [-0.05, 0) is 137 Å². The van der Waals surface area contributed by atoms with Crippen molar-refractivity contribution in [1.82, 2.24) is 15.0 Å². The normalized spacial score (nSPS) is 14.2. The first-order valence-electron chi connectivity index (χ1n) is 24.1. The molecular weight excluding hydrogens is 839 g/mol. The van der Waals surface area contributed by atoms with E-state index in [-0.39, 0.29) is 10.8 Å². The minimum Gasteiger partial charge on any atom is -0.456 e. The van der Waals surface area contributed by atoms with Crippen LogP contribution >= 0.6 is 0 Å². The monoisotopic (exact) mass is 887 g/mol. The number of rotatable bonds is 6. The van der Waals surface area contributed by atoms with Crippen molar-refractivity contribution < 1.29 is 4.42 Å². The van der Waals surface area contributed by atoms with Crippen LogP contribution in [0.3, 0.4) is 0 Å². The molecule has 4 nitrogen and oxygen atoms in total. The van der Waals surface area contributed by atoms with E-state index in [1.807, 2.05) is 0 Å². The van der Waals surface area contributed by atoms with Crippen molar-refractivity contribution in [3.05, 3.63) is 211 Å². The molecule has 0 N–H and O–H groups in total. The molecule has 0 fully saturated rings. The Morgan fingerprint density at radius 3 is 1.57 bits per heavy atom. The van der Waals surface area contributed by atoms with E-state index in [9.17, 15) is 0 Å². The number of benzene rings is 10. The molecule has 0 saturated carbocycles. The van der Waals surface area contributed by atoms with Gasteiger partial charge in [0.2, 0.25) is 0 Å². The van der Waals surface area contributed by atoms with Gasteiger partial charge in [0.1, 0.15) is 11.2 Å². The van der Waals surface area contributed by atoms with E-state index >= 15 is 0 Å². The molecule has 4 heteroatoms. The van der Waals surface area contributed by atoms with Crippen molar-refractivity contribution in [3.8, 4) is 67.5 Å². The van der Waals surface area contributed by atoms with Crippen LogP contribution < -0.4 is 0 Å². The van der Waals surface area contributed by atoms with Gasteiger partial charge in [-0.25, -0.2) is 15.0 Å². The first kappa shape index (κ1) is 41.0. The largest absolute Gasteiger partial charge is 0.456 e. The van der Waals surface area contributed by atoms with Crippen molar-refractivity contribution in [2.45, 2.75) is 51.4 Å². The van der Waals surface area contributed by atoms with Crippen LogP contribution in [0.2, 0.25) is 0 Å². The SMILES string of the molecule is CC1(C)CCC(C)(C)c2cc(-c3cc(-c4ccc(-c5nc(-c6ccc(-c7ccc8ccccc8c7)cc6)nc(-c6ccc7ccccc7c6)n5)c5ccccc45)c4c(c3)oc3ccccc34)ccc21. The molecular formula is C65H49N3O. The Morgan fingerprint density at radius 2 is 0.841 bits per heavy atom. The van der Waals surface area contributed by atoms with Crippen molar-refractivity contribution in [1.29, 1.82) is 0 Å². The molecule has 0 atom stereocenters. The first-order valence-corrected chi connectivity index (χ1v) is 24.1. The summed E-state index contributed by atoms with van der Waals surface area (Å²) in [5.41, 5.74) is 14.6. The second kappa shape index (κ2) is 15.7. The lowest BCUT2D eigenvalue weighted by Crippen LogP contribution is -2.33. The Morgan fingerprint density at radius 1 is 0.333 bits per heavy atom. The maximum Gasteiger partial charge on any atom is 0.164 e. The Hall–Kier alpha value is -8.21. The Labute approximate surface area is 402 Å². The summed E-state index contributed by atoms with van der Waals surface area (Å²) in [6.07, 6.45) is 2.34. The molecule has 0 unspecified atom stereocenters. The minimum absolute atomic E-state index is 0.0869. The molecule has 0 aliphatic heterocycles. The number of hydrogen-bond donors (Lipinski definition) is 0. The van der Waals surface area contributed by atoms with Crippen LogP contribution in [0, 0.1) is 0 Å². The van der Waals surface area contributed by atoms with Crippen LogP contribution in [0.4, 0.5) is 0 Å². The standard InChI is InChI=1S/C65H49N3O/c1-64(2)33-34-65(3,4)57-38-47(29-32-56(57)64)49-37-55(60-54-19-11-12-20-58(54)69-59(60)39-49)52-30-31-53(51-18-10-9-17-50(51)52)63-67-61(66-62(68-63)48-28-24-41-14-6-8-16-45(41)36-48)43-25-21-42(22-26-43)46-27-23-40-13-5-7-15-44(40)35-46/h5-32,35-39H,33-34H2,1-4H3.